The summed E-state index contributed by atoms with van der Waals surface area (Å²) >= 11 is 0. The van der Waals surface area contributed by atoms with Gasteiger partial charge in [0.15, 0.2) is 0 Å². The van der Waals surface area contributed by atoms with Gasteiger partial charge in [-0.1, -0.05) is 0 Å². The Bertz CT molecular complexity index is 1900. The van der Waals surface area contributed by atoms with Gasteiger partial charge in [0.25, 0.3) is 12.3 Å². The van der Waals surface area contributed by atoms with Crippen LogP contribution in [0.1, 0.15) is 53.4 Å². The number of primary amides is 1. The van der Waals surface area contributed by atoms with E-state index in [1.807, 2.05) is 0 Å². The first-order valence-corrected chi connectivity index (χ1v) is 14.3. The van der Waals surface area contributed by atoms with Crippen LogP contribution in [0.5, 0.6) is 11.5 Å². The fraction of sp³-hybridized carbons (Fsp3) is 0.312. The maximum Gasteiger partial charge on any atom is 0.424 e. The van der Waals surface area contributed by atoms with E-state index in [4.69, 9.17) is 15.2 Å². The number of ether oxygens (including phenoxy) is 2. The van der Waals surface area contributed by atoms with Crippen molar-refractivity contribution >= 4 is 22.7 Å². The zero-order valence-electron chi connectivity index (χ0n) is 24.5. The number of aromatic nitrogens is 2. The van der Waals surface area contributed by atoms with Crippen molar-refractivity contribution in [2.45, 2.75) is 49.5 Å². The zero-order chi connectivity index (χ0) is 33.9. The molecule has 0 spiro atoms. The Morgan fingerprint density at radius 2 is 1.85 bits per heavy atom. The molecule has 3 heterocycles. The molecule has 246 valence electrons. The quantitative estimate of drug-likeness (QED) is 0.209. The summed E-state index contributed by atoms with van der Waals surface area (Å²) in [6.45, 7) is -0.443. The topological polar surface area (TPSA) is 137 Å². The second-order valence-electron chi connectivity index (χ2n) is 11.7. The van der Waals surface area contributed by atoms with Gasteiger partial charge >= 0.3 is 6.18 Å². The Balaban J connectivity index is 1.40. The summed E-state index contributed by atoms with van der Waals surface area (Å²) in [4.78, 5) is 33.8. The van der Waals surface area contributed by atoms with Crippen LogP contribution in [0.4, 0.5) is 26.3 Å². The molecule has 2 aromatic heterocycles. The van der Waals surface area contributed by atoms with Crippen molar-refractivity contribution in [2.24, 2.45) is 5.73 Å². The highest BCUT2D eigenvalue weighted by Gasteiger charge is 2.57. The minimum absolute atomic E-state index is 0.0775. The maximum atomic E-state index is 14.8. The van der Waals surface area contributed by atoms with E-state index < -0.39 is 59.1 Å². The highest BCUT2D eigenvalue weighted by atomic mass is 19.4. The number of benzene rings is 2. The van der Waals surface area contributed by atoms with Gasteiger partial charge in [-0.05, 0) is 68.3 Å². The fourth-order valence-corrected chi connectivity index (χ4v) is 5.19. The summed E-state index contributed by atoms with van der Waals surface area (Å²) in [5, 5.41) is 13.4. The predicted molar refractivity (Wildman–Crippen MR) is 154 cm³/mol. The van der Waals surface area contributed by atoms with Gasteiger partial charge in [0, 0.05) is 33.8 Å². The van der Waals surface area contributed by atoms with Gasteiger partial charge < -0.3 is 25.6 Å². The van der Waals surface area contributed by atoms with Crippen molar-refractivity contribution in [3.8, 4) is 22.8 Å². The first kappa shape index (κ1) is 32.0. The maximum absolute atomic E-state index is 14.8. The lowest BCUT2D eigenvalue weighted by Crippen LogP contribution is -2.51. The Kier molecular flexibility index (Phi) is 7.77. The van der Waals surface area contributed by atoms with Crippen LogP contribution >= 0.6 is 0 Å². The number of carbonyl (C=O) groups is 2. The lowest BCUT2D eigenvalue weighted by molar-refractivity contribution is -0.265. The minimum atomic E-state index is -5.44. The van der Waals surface area contributed by atoms with Gasteiger partial charge in [-0.3, -0.25) is 14.6 Å². The molecule has 0 saturated heterocycles. The fourth-order valence-electron chi connectivity index (χ4n) is 5.19. The van der Waals surface area contributed by atoms with E-state index in [0.29, 0.717) is 12.8 Å². The summed E-state index contributed by atoms with van der Waals surface area (Å²) in [6, 6.07) is 8.88. The number of nitrogens with one attached hydrogen (secondary N) is 1. The van der Waals surface area contributed by atoms with Crippen LogP contribution in [-0.2, 0) is 15.8 Å². The van der Waals surface area contributed by atoms with Crippen LogP contribution in [0.3, 0.4) is 0 Å². The first-order valence-electron chi connectivity index (χ1n) is 14.3. The van der Waals surface area contributed by atoms with E-state index in [9.17, 15) is 41.0 Å². The molecule has 1 fully saturated rings. The smallest absolute Gasteiger partial charge is 0.424 e. The third-order valence-corrected chi connectivity index (χ3v) is 8.23. The van der Waals surface area contributed by atoms with Crippen molar-refractivity contribution in [3.63, 3.8) is 0 Å². The Morgan fingerprint density at radius 3 is 2.47 bits per heavy atom. The molecule has 1 aliphatic heterocycles. The highest BCUT2D eigenvalue weighted by Crippen LogP contribution is 2.48. The lowest BCUT2D eigenvalue weighted by atomic mass is 9.81. The highest BCUT2D eigenvalue weighted by molar-refractivity contribution is 6.00. The van der Waals surface area contributed by atoms with Crippen LogP contribution in [0.25, 0.3) is 22.2 Å². The molecule has 0 bridgehead atoms. The SMILES string of the molecule is C[C@]1(C(N)=O)COc2c1cc([C@@](O)(CNC(=O)c1cc(OC3CC3)c3ncc(C(F)F)cc3c1)C(F)(F)F)nc2-c1ccc(F)cc1. The van der Waals surface area contributed by atoms with Crippen LogP contribution in [-0.4, -0.2) is 52.3 Å². The summed E-state index contributed by atoms with van der Waals surface area (Å²) in [6.07, 6.45) is -6.13. The first-order chi connectivity index (χ1) is 22.1. The van der Waals surface area contributed by atoms with Crippen LogP contribution < -0.4 is 20.5 Å². The number of alkyl halides is 5. The molecule has 4 N–H and O–H groups in total. The van der Waals surface area contributed by atoms with Crippen molar-refractivity contribution in [1.82, 2.24) is 15.3 Å². The molecule has 6 rings (SSSR count). The number of carbonyl (C=O) groups excluding carboxylic acids is 2. The number of hydrogen-bond donors (Lipinski definition) is 3. The normalized spacial score (nSPS) is 18.8. The molecule has 1 aliphatic carbocycles. The van der Waals surface area contributed by atoms with E-state index in [1.54, 1.807) is 0 Å². The molecule has 1 saturated carbocycles. The van der Waals surface area contributed by atoms with Gasteiger partial charge in [0.1, 0.15) is 40.5 Å². The van der Waals surface area contributed by atoms with Crippen LogP contribution in [0, 0.1) is 5.82 Å². The van der Waals surface area contributed by atoms with Gasteiger partial charge in [-0.15, -0.1) is 0 Å². The summed E-state index contributed by atoms with van der Waals surface area (Å²) in [7, 11) is 0. The average Bonchev–Trinajstić information content (AvgIpc) is 3.78. The lowest BCUT2D eigenvalue weighted by Gasteiger charge is -2.31. The number of pyridine rings is 2. The Hall–Kier alpha value is -4.92. The standard InChI is InChI=1S/C32H26F6N4O5/c1-30(29(39)44)14-46-26-21(30)11-23(42-25(26)15-2-4-19(33)5-3-15)31(45,32(36,37)38)13-41-28(43)17-8-16-9-18(27(34)35)12-40-24(16)22(10-17)47-20-6-7-20/h2-5,8-12,20,27,45H,6-7,13-14H2,1H3,(H2,39,44)(H,41,43)/t30-,31-/m0/s1. The molecule has 0 unspecified atom stereocenters. The zero-order valence-corrected chi connectivity index (χ0v) is 24.5. The molecule has 2 atom stereocenters. The molecule has 2 aromatic carbocycles. The number of aliphatic hydroxyl groups is 1. The molecule has 9 nitrogen and oxygen atoms in total. The van der Waals surface area contributed by atoms with Gasteiger partial charge in [0.2, 0.25) is 11.5 Å². The van der Waals surface area contributed by atoms with Gasteiger partial charge in [0.05, 0.1) is 18.3 Å². The van der Waals surface area contributed by atoms with Crippen molar-refractivity contribution in [1.29, 1.82) is 0 Å². The Labute approximate surface area is 262 Å². The third-order valence-electron chi connectivity index (χ3n) is 8.23. The van der Waals surface area contributed by atoms with Gasteiger partial charge in [-0.25, -0.2) is 18.2 Å². The number of rotatable bonds is 9. The minimum Gasteiger partial charge on any atom is -0.489 e. The molecule has 2 amide bonds. The monoisotopic (exact) mass is 660 g/mol. The van der Waals surface area contributed by atoms with Crippen LogP contribution in [0.2, 0.25) is 0 Å². The molecule has 4 aromatic rings. The second kappa shape index (κ2) is 11.4. The van der Waals surface area contributed by atoms with E-state index in [2.05, 4.69) is 15.3 Å². The van der Waals surface area contributed by atoms with Gasteiger partial charge in [-0.2, -0.15) is 13.2 Å². The van der Waals surface area contributed by atoms with Crippen molar-refractivity contribution in [2.75, 3.05) is 13.2 Å². The number of fused-ring (bicyclic) bond motifs is 2. The number of halogens is 6. The molecule has 15 heteroatoms. The molecular formula is C32H26F6N4O5. The summed E-state index contributed by atoms with van der Waals surface area (Å²) in [5.74, 6) is -2.65. The molecule has 47 heavy (non-hydrogen) atoms. The molecule has 0 radical (unpaired) electrons. The van der Waals surface area contributed by atoms with E-state index in [1.165, 1.54) is 31.2 Å². The van der Waals surface area contributed by atoms with Crippen molar-refractivity contribution in [3.05, 3.63) is 82.9 Å². The predicted octanol–water partition coefficient (Wildman–Crippen LogP) is 5.23. The number of nitrogens with zero attached hydrogens (tertiary/aromatic N) is 2. The number of amides is 2. The number of nitrogens with two attached hydrogens (primary N) is 1. The molecular weight excluding hydrogens is 634 g/mol. The summed E-state index contributed by atoms with van der Waals surface area (Å²) < 4.78 is 96.2. The van der Waals surface area contributed by atoms with Crippen molar-refractivity contribution < 1.29 is 50.5 Å². The van der Waals surface area contributed by atoms with E-state index >= 15 is 0 Å². The summed E-state index contributed by atoms with van der Waals surface area (Å²) in [5.41, 5.74) is -1.57. The molecule has 2 aliphatic rings. The Morgan fingerprint density at radius 1 is 1.15 bits per heavy atom. The second-order valence-corrected chi connectivity index (χ2v) is 11.7. The van der Waals surface area contributed by atoms with E-state index in [-0.39, 0.29) is 57.5 Å². The van der Waals surface area contributed by atoms with E-state index in [0.717, 1.165) is 30.5 Å². The third kappa shape index (κ3) is 5.79. The number of hydrogen-bond acceptors (Lipinski definition) is 7. The largest absolute Gasteiger partial charge is 0.489 e. The van der Waals surface area contributed by atoms with Crippen LogP contribution in [0.15, 0.2) is 54.7 Å². The average molecular weight is 661 g/mol.